The summed E-state index contributed by atoms with van der Waals surface area (Å²) in [6.07, 6.45) is -1.22. The highest BCUT2D eigenvalue weighted by Crippen LogP contribution is 2.36. The van der Waals surface area contributed by atoms with Crippen LogP contribution in [0, 0.1) is 0 Å². The smallest absolute Gasteiger partial charge is 0.416 e. The van der Waals surface area contributed by atoms with Crippen molar-refractivity contribution in [1.29, 1.82) is 0 Å². The number of amides is 2. The molecule has 0 unspecified atom stereocenters. The fraction of sp³-hybridized carbons (Fsp3) is 0.240. The zero-order chi connectivity index (χ0) is 27.1. The van der Waals surface area contributed by atoms with Crippen molar-refractivity contribution in [3.05, 3.63) is 71.6 Å². The van der Waals surface area contributed by atoms with Crippen LogP contribution in [0.3, 0.4) is 0 Å². The summed E-state index contributed by atoms with van der Waals surface area (Å²) in [5.74, 6) is 0.716. The third-order valence-corrected chi connectivity index (χ3v) is 5.66. The Morgan fingerprint density at radius 3 is 2.66 bits per heavy atom. The van der Waals surface area contributed by atoms with Gasteiger partial charge in [0.15, 0.2) is 5.82 Å². The lowest BCUT2D eigenvalue weighted by atomic mass is 10.2. The number of fused-ring (bicyclic) bond motifs is 1. The molecule has 0 spiro atoms. The Labute approximate surface area is 220 Å². The van der Waals surface area contributed by atoms with Gasteiger partial charge in [0.1, 0.15) is 23.3 Å². The zero-order valence-electron chi connectivity index (χ0n) is 20.2. The number of rotatable bonds is 10. The molecule has 4 rings (SSSR count). The Bertz CT molecular complexity index is 1410. The van der Waals surface area contributed by atoms with E-state index in [0.29, 0.717) is 43.3 Å². The number of benzene rings is 2. The molecule has 0 fully saturated rings. The van der Waals surface area contributed by atoms with Crippen LogP contribution in [0.2, 0.25) is 5.02 Å². The number of halogens is 4. The second-order valence-electron chi connectivity index (χ2n) is 8.04. The van der Waals surface area contributed by atoms with Gasteiger partial charge in [0.2, 0.25) is 0 Å². The lowest BCUT2D eigenvalue weighted by Crippen LogP contribution is -2.38. The highest BCUT2D eigenvalue weighted by atomic mass is 35.5. The van der Waals surface area contributed by atoms with Gasteiger partial charge in [-0.05, 0) is 42.5 Å². The predicted molar refractivity (Wildman–Crippen MR) is 137 cm³/mol. The highest BCUT2D eigenvalue weighted by Gasteiger charge is 2.30. The second-order valence-corrected chi connectivity index (χ2v) is 8.45. The summed E-state index contributed by atoms with van der Waals surface area (Å²) in [6.45, 7) is 1.66. The summed E-state index contributed by atoms with van der Waals surface area (Å²) < 4.78 is 51.4. The Kier molecular flexibility index (Phi) is 8.54. The Balaban J connectivity index is 1.45. The van der Waals surface area contributed by atoms with E-state index in [0.717, 1.165) is 17.6 Å². The third-order valence-electron chi connectivity index (χ3n) is 5.36. The molecule has 2 aromatic heterocycles. The molecule has 0 saturated heterocycles. The van der Waals surface area contributed by atoms with Crippen LogP contribution < -0.4 is 20.7 Å². The summed E-state index contributed by atoms with van der Waals surface area (Å²) in [7, 11) is 1.56. The van der Waals surface area contributed by atoms with Gasteiger partial charge in [0.05, 0.1) is 22.7 Å². The minimum atomic E-state index is -4.48. The van der Waals surface area contributed by atoms with Gasteiger partial charge >= 0.3 is 12.2 Å². The topological polar surface area (TPSA) is 102 Å². The van der Waals surface area contributed by atoms with Crippen molar-refractivity contribution in [2.24, 2.45) is 0 Å². The first-order valence-corrected chi connectivity index (χ1v) is 11.8. The van der Waals surface area contributed by atoms with Gasteiger partial charge in [0, 0.05) is 38.6 Å². The van der Waals surface area contributed by atoms with Gasteiger partial charge in [-0.15, -0.1) is 0 Å². The SMILES string of the molecule is COCCNC(=O)NCCn1ccc2ncnc(Nc3ccc(Oc4cccc(C(F)(F)F)c4)c(Cl)c3)c21. The van der Waals surface area contributed by atoms with Gasteiger partial charge in [-0.3, -0.25) is 0 Å². The molecule has 4 aromatic rings. The molecule has 0 saturated carbocycles. The quantitative estimate of drug-likeness (QED) is 0.223. The molecule has 2 amide bonds. The number of nitrogens with zero attached hydrogens (tertiary/aromatic N) is 3. The molecule has 0 aliphatic rings. The van der Waals surface area contributed by atoms with Gasteiger partial charge in [-0.1, -0.05) is 17.7 Å². The Morgan fingerprint density at radius 1 is 1.08 bits per heavy atom. The van der Waals surface area contributed by atoms with Crippen molar-refractivity contribution in [3.8, 4) is 11.5 Å². The van der Waals surface area contributed by atoms with Crippen LogP contribution in [0.15, 0.2) is 61.1 Å². The van der Waals surface area contributed by atoms with E-state index in [2.05, 4.69) is 25.9 Å². The number of carbonyl (C=O) groups excluding carboxylic acids is 1. The third kappa shape index (κ3) is 6.84. The molecule has 38 heavy (non-hydrogen) atoms. The minimum Gasteiger partial charge on any atom is -0.456 e. The second kappa shape index (κ2) is 12.0. The largest absolute Gasteiger partial charge is 0.456 e. The lowest BCUT2D eigenvalue weighted by Gasteiger charge is -2.13. The number of carbonyl (C=O) groups is 1. The van der Waals surface area contributed by atoms with E-state index in [1.165, 1.54) is 18.5 Å². The Morgan fingerprint density at radius 2 is 1.89 bits per heavy atom. The summed E-state index contributed by atoms with van der Waals surface area (Å²) in [4.78, 5) is 20.5. The van der Waals surface area contributed by atoms with Crippen LogP contribution in [0.25, 0.3) is 11.0 Å². The molecule has 0 radical (unpaired) electrons. The molecule has 0 aliphatic heterocycles. The summed E-state index contributed by atoms with van der Waals surface area (Å²) in [5, 5.41) is 8.85. The van der Waals surface area contributed by atoms with E-state index < -0.39 is 11.7 Å². The number of hydrogen-bond acceptors (Lipinski definition) is 6. The first-order valence-electron chi connectivity index (χ1n) is 11.5. The van der Waals surface area contributed by atoms with Crippen molar-refractivity contribution in [2.75, 3.05) is 32.1 Å². The van der Waals surface area contributed by atoms with Crippen LogP contribution in [-0.4, -0.2) is 47.4 Å². The molecule has 0 aliphatic carbocycles. The van der Waals surface area contributed by atoms with Crippen LogP contribution in [0.4, 0.5) is 29.5 Å². The maximum atomic E-state index is 13.0. The molecule has 2 aromatic carbocycles. The van der Waals surface area contributed by atoms with Gasteiger partial charge in [-0.25, -0.2) is 14.8 Å². The number of hydrogen-bond donors (Lipinski definition) is 3. The molecule has 13 heteroatoms. The molecule has 0 atom stereocenters. The zero-order valence-corrected chi connectivity index (χ0v) is 20.9. The minimum absolute atomic E-state index is 0.0127. The number of alkyl halides is 3. The number of aromatic nitrogens is 3. The standard InChI is InChI=1S/C25H24ClF3N6O3/c1-37-12-9-31-24(36)30-8-11-35-10-7-20-22(35)23(33-15-32-20)34-17-5-6-21(19(26)14-17)38-18-4-2-3-16(13-18)25(27,28)29/h2-7,10,13-15H,8-9,11-12H2,1H3,(H2,30,31,36)(H,32,33,34). The molecule has 9 nitrogen and oxygen atoms in total. The maximum Gasteiger partial charge on any atom is 0.416 e. The van der Waals surface area contributed by atoms with E-state index in [-0.39, 0.29) is 22.6 Å². The van der Waals surface area contributed by atoms with E-state index >= 15 is 0 Å². The van der Waals surface area contributed by atoms with Crippen molar-refractivity contribution in [2.45, 2.75) is 12.7 Å². The number of anilines is 2. The average Bonchev–Trinajstić information content (AvgIpc) is 3.30. The molecule has 2 heterocycles. The predicted octanol–water partition coefficient (Wildman–Crippen LogP) is 5.59. The summed E-state index contributed by atoms with van der Waals surface area (Å²) in [6, 6.07) is 10.9. The van der Waals surface area contributed by atoms with Gasteiger partial charge in [0.25, 0.3) is 0 Å². The van der Waals surface area contributed by atoms with Crippen molar-refractivity contribution < 1.29 is 27.4 Å². The van der Waals surface area contributed by atoms with Gasteiger partial charge in [-0.2, -0.15) is 13.2 Å². The van der Waals surface area contributed by atoms with E-state index in [9.17, 15) is 18.0 Å². The molecule has 200 valence electrons. The lowest BCUT2D eigenvalue weighted by molar-refractivity contribution is -0.137. The molecular weight excluding hydrogens is 525 g/mol. The maximum absolute atomic E-state index is 13.0. The normalized spacial score (nSPS) is 11.4. The molecular formula is C25H24ClF3N6O3. The van der Waals surface area contributed by atoms with Crippen LogP contribution in [0.5, 0.6) is 11.5 Å². The highest BCUT2D eigenvalue weighted by molar-refractivity contribution is 6.32. The van der Waals surface area contributed by atoms with Crippen LogP contribution >= 0.6 is 11.6 Å². The fourth-order valence-electron chi connectivity index (χ4n) is 3.59. The van der Waals surface area contributed by atoms with Crippen molar-refractivity contribution in [3.63, 3.8) is 0 Å². The van der Waals surface area contributed by atoms with E-state index in [1.54, 1.807) is 25.3 Å². The summed E-state index contributed by atoms with van der Waals surface area (Å²) in [5.41, 5.74) is 1.18. The first kappa shape index (κ1) is 27.0. The molecule has 0 bridgehead atoms. The van der Waals surface area contributed by atoms with Gasteiger partial charge < -0.3 is 30.0 Å². The fourth-order valence-corrected chi connectivity index (χ4v) is 3.81. The number of urea groups is 1. The first-order chi connectivity index (χ1) is 18.2. The number of nitrogens with one attached hydrogen (secondary N) is 3. The van der Waals surface area contributed by atoms with Crippen LogP contribution in [-0.2, 0) is 17.5 Å². The monoisotopic (exact) mass is 548 g/mol. The van der Waals surface area contributed by atoms with Crippen LogP contribution in [0.1, 0.15) is 5.56 Å². The summed E-state index contributed by atoms with van der Waals surface area (Å²) >= 11 is 6.37. The van der Waals surface area contributed by atoms with Crippen molar-refractivity contribution >= 4 is 40.2 Å². The number of ether oxygens (including phenoxy) is 2. The average molecular weight is 549 g/mol. The molecule has 3 N–H and O–H groups in total. The van der Waals surface area contributed by atoms with Crippen molar-refractivity contribution in [1.82, 2.24) is 25.2 Å². The number of methoxy groups -OCH3 is 1. The van der Waals surface area contributed by atoms with E-state index in [4.69, 9.17) is 21.1 Å². The van der Waals surface area contributed by atoms with E-state index in [1.807, 2.05) is 16.8 Å². The Hall–Kier alpha value is -4.03.